The third-order valence-corrected chi connectivity index (χ3v) is 2.81. The van der Waals surface area contributed by atoms with Gasteiger partial charge in [0.05, 0.1) is 5.92 Å². The average molecular weight is 249 g/mol. The van der Waals surface area contributed by atoms with Crippen LogP contribution < -0.4 is 0 Å². The van der Waals surface area contributed by atoms with E-state index in [0.717, 1.165) is 0 Å². The number of aliphatic hydroxyl groups excluding tert-OH is 1. The number of rotatable bonds is 4. The summed E-state index contributed by atoms with van der Waals surface area (Å²) in [6.07, 6.45) is 3.09. The van der Waals surface area contributed by atoms with Gasteiger partial charge >= 0.3 is 0 Å². The maximum Gasteiger partial charge on any atom is 0.267 e. The van der Waals surface area contributed by atoms with E-state index in [-0.39, 0.29) is 0 Å². The fourth-order valence-electron chi connectivity index (χ4n) is 1.94. The number of carbonyl (C=O) groups excluding carboxylic acids is 3. The first kappa shape index (κ1) is 14.2. The van der Waals surface area contributed by atoms with Crippen molar-refractivity contribution >= 4 is 23.6 Å². The van der Waals surface area contributed by atoms with Crippen LogP contribution in [0, 0.1) is 11.8 Å². The Morgan fingerprint density at radius 2 is 2.00 bits per heavy atom. The lowest BCUT2D eigenvalue weighted by Crippen LogP contribution is -2.28. The van der Waals surface area contributed by atoms with Crippen LogP contribution in [-0.2, 0) is 14.4 Å². The van der Waals surface area contributed by atoms with E-state index in [1.165, 1.54) is 12.3 Å². The first-order chi connectivity index (χ1) is 8.40. The Labute approximate surface area is 105 Å². The summed E-state index contributed by atoms with van der Waals surface area (Å²) in [5.41, 5.74) is 0.620. The first-order valence-corrected chi connectivity index (χ1v) is 5.54. The third-order valence-electron chi connectivity index (χ3n) is 2.81. The number of allylic oxidation sites excluding steroid dienone is 3. The van der Waals surface area contributed by atoms with Crippen LogP contribution in [0.3, 0.4) is 0 Å². The molecule has 1 rings (SSSR count). The van der Waals surface area contributed by atoms with E-state index in [4.69, 9.17) is 0 Å². The molecule has 0 bridgehead atoms. The maximum atomic E-state index is 11.5. The molecule has 1 aliphatic carbocycles. The summed E-state index contributed by atoms with van der Waals surface area (Å²) < 4.78 is 0. The van der Waals surface area contributed by atoms with Gasteiger partial charge in [-0.15, -0.1) is 0 Å². The van der Waals surface area contributed by atoms with Crippen LogP contribution in [0.1, 0.15) is 13.8 Å². The summed E-state index contributed by atoms with van der Waals surface area (Å²) in [6.45, 7) is 6.84. The second-order valence-electron chi connectivity index (χ2n) is 4.21. The fourth-order valence-corrected chi connectivity index (χ4v) is 1.94. The molecule has 3 atom stereocenters. The lowest BCUT2D eigenvalue weighted by atomic mass is 9.89. The van der Waals surface area contributed by atoms with Crippen molar-refractivity contribution in [2.75, 3.05) is 0 Å². The van der Waals surface area contributed by atoms with Crippen molar-refractivity contribution in [2.45, 2.75) is 20.0 Å². The Bertz CT molecular complexity index is 462. The van der Waals surface area contributed by atoms with E-state index in [2.05, 4.69) is 11.6 Å². The number of aliphatic imine (C=N–C) groups is 1. The Kier molecular flexibility index (Phi) is 4.44. The number of hydrogen-bond acceptors (Lipinski definition) is 5. The molecule has 0 amide bonds. The van der Waals surface area contributed by atoms with Gasteiger partial charge in [0.1, 0.15) is 6.10 Å². The molecule has 1 fully saturated rings. The zero-order valence-electron chi connectivity index (χ0n) is 10.3. The summed E-state index contributed by atoms with van der Waals surface area (Å²) in [4.78, 5) is 37.9. The second kappa shape index (κ2) is 5.64. The molecular formula is C13H15NO4. The van der Waals surface area contributed by atoms with Gasteiger partial charge < -0.3 is 5.11 Å². The van der Waals surface area contributed by atoms with E-state index in [0.29, 0.717) is 5.70 Å². The van der Waals surface area contributed by atoms with Crippen LogP contribution in [0.2, 0.25) is 0 Å². The number of aliphatic hydroxyl groups is 1. The minimum atomic E-state index is -1.53. The Morgan fingerprint density at radius 1 is 1.39 bits per heavy atom. The topological polar surface area (TPSA) is 83.8 Å². The SMILES string of the molecule is C=CC=N/C(C)=C\C(C)C1C(=O)C(=O)C(=O)C1O. The summed E-state index contributed by atoms with van der Waals surface area (Å²) in [7, 11) is 0. The monoisotopic (exact) mass is 249 g/mol. The van der Waals surface area contributed by atoms with Gasteiger partial charge in [-0.1, -0.05) is 25.7 Å². The molecule has 0 heterocycles. The third kappa shape index (κ3) is 2.68. The quantitative estimate of drug-likeness (QED) is 0.580. The second-order valence-corrected chi connectivity index (χ2v) is 4.21. The molecule has 0 aromatic rings. The number of carbonyl (C=O) groups is 3. The molecule has 1 saturated carbocycles. The molecule has 0 saturated heterocycles. The molecular weight excluding hydrogens is 234 g/mol. The smallest absolute Gasteiger partial charge is 0.267 e. The average Bonchev–Trinajstić information content (AvgIpc) is 2.51. The number of nitrogens with zero attached hydrogens (tertiary/aromatic N) is 1. The van der Waals surface area contributed by atoms with E-state index < -0.39 is 35.3 Å². The molecule has 1 N–H and O–H groups in total. The maximum absolute atomic E-state index is 11.5. The van der Waals surface area contributed by atoms with Gasteiger partial charge in [-0.2, -0.15) is 0 Å². The van der Waals surface area contributed by atoms with Gasteiger partial charge in [0.25, 0.3) is 5.78 Å². The Balaban J connectivity index is 2.91. The van der Waals surface area contributed by atoms with Gasteiger partial charge in [0.15, 0.2) is 0 Å². The van der Waals surface area contributed by atoms with Crippen LogP contribution in [0.15, 0.2) is 29.4 Å². The van der Waals surface area contributed by atoms with Gasteiger partial charge in [-0.05, 0) is 12.8 Å². The largest absolute Gasteiger partial charge is 0.384 e. The van der Waals surface area contributed by atoms with Crippen molar-refractivity contribution in [1.82, 2.24) is 0 Å². The highest BCUT2D eigenvalue weighted by atomic mass is 16.3. The number of ketones is 3. The Morgan fingerprint density at radius 3 is 2.44 bits per heavy atom. The summed E-state index contributed by atoms with van der Waals surface area (Å²) in [5, 5.41) is 9.58. The van der Waals surface area contributed by atoms with Gasteiger partial charge in [-0.25, -0.2) is 0 Å². The Hall–Kier alpha value is -1.88. The fraction of sp³-hybridized carbons (Fsp3) is 0.385. The molecule has 0 aliphatic heterocycles. The van der Waals surface area contributed by atoms with Crippen molar-refractivity contribution in [3.63, 3.8) is 0 Å². The summed E-state index contributed by atoms with van der Waals surface area (Å²) >= 11 is 0. The summed E-state index contributed by atoms with van der Waals surface area (Å²) in [6, 6.07) is 0. The van der Waals surface area contributed by atoms with Crippen LogP contribution in [-0.4, -0.2) is 34.8 Å². The minimum Gasteiger partial charge on any atom is -0.384 e. The normalized spacial score (nSPS) is 27.1. The van der Waals surface area contributed by atoms with Crippen LogP contribution in [0.25, 0.3) is 0 Å². The molecule has 0 radical (unpaired) electrons. The highest BCUT2D eigenvalue weighted by Gasteiger charge is 2.49. The first-order valence-electron chi connectivity index (χ1n) is 5.54. The van der Waals surface area contributed by atoms with Gasteiger partial charge in [-0.3, -0.25) is 19.4 Å². The van der Waals surface area contributed by atoms with Crippen molar-refractivity contribution in [3.05, 3.63) is 24.4 Å². The molecule has 3 unspecified atom stereocenters. The van der Waals surface area contributed by atoms with Crippen LogP contribution in [0.5, 0.6) is 0 Å². The molecule has 96 valence electrons. The lowest BCUT2D eigenvalue weighted by Gasteiger charge is -2.16. The zero-order chi connectivity index (χ0) is 13.9. The van der Waals surface area contributed by atoms with Crippen molar-refractivity contribution < 1.29 is 19.5 Å². The lowest BCUT2D eigenvalue weighted by molar-refractivity contribution is -0.141. The molecule has 18 heavy (non-hydrogen) atoms. The van der Waals surface area contributed by atoms with Crippen LogP contribution in [0.4, 0.5) is 0 Å². The van der Waals surface area contributed by atoms with Crippen molar-refractivity contribution in [3.8, 4) is 0 Å². The standard InChI is InChI=1S/C13H15NO4/c1-4-5-14-8(3)6-7(2)9-10(15)12(17)13(18)11(9)16/h4-7,9-10,15H,1H2,2-3H3/b8-6-,14-5?. The van der Waals surface area contributed by atoms with Crippen molar-refractivity contribution in [2.24, 2.45) is 16.8 Å². The zero-order valence-corrected chi connectivity index (χ0v) is 10.3. The number of hydrogen-bond donors (Lipinski definition) is 1. The van der Waals surface area contributed by atoms with E-state index in [9.17, 15) is 19.5 Å². The predicted molar refractivity (Wildman–Crippen MR) is 66.1 cm³/mol. The van der Waals surface area contributed by atoms with E-state index >= 15 is 0 Å². The molecule has 5 nitrogen and oxygen atoms in total. The molecule has 0 spiro atoms. The van der Waals surface area contributed by atoms with Gasteiger partial charge in [0, 0.05) is 11.9 Å². The highest BCUT2D eigenvalue weighted by Crippen LogP contribution is 2.26. The number of Topliss-reactive ketones (excluding diaryl/α,β-unsaturated/α-hetero) is 3. The predicted octanol–water partition coefficient (Wildman–Crippen LogP) is 0.481. The van der Waals surface area contributed by atoms with E-state index in [1.54, 1.807) is 19.9 Å². The molecule has 1 aliphatic rings. The summed E-state index contributed by atoms with van der Waals surface area (Å²) in [5.74, 6) is -4.39. The van der Waals surface area contributed by atoms with E-state index in [1.807, 2.05) is 0 Å². The molecule has 0 aromatic heterocycles. The minimum absolute atomic E-state index is 0.440. The van der Waals surface area contributed by atoms with Gasteiger partial charge in [0.2, 0.25) is 11.6 Å². The molecule has 0 aromatic carbocycles. The molecule has 5 heteroatoms. The highest BCUT2D eigenvalue weighted by molar-refractivity contribution is 6.68. The van der Waals surface area contributed by atoms with Crippen molar-refractivity contribution in [1.29, 1.82) is 0 Å². The van der Waals surface area contributed by atoms with Crippen LogP contribution >= 0.6 is 0 Å².